The first-order chi connectivity index (χ1) is 12.7. The molecule has 0 bridgehead atoms. The molecule has 0 radical (unpaired) electrons. The second kappa shape index (κ2) is 9.74. The van der Waals surface area contributed by atoms with Gasteiger partial charge in [0.1, 0.15) is 0 Å². The average Bonchev–Trinajstić information content (AvgIpc) is 3.13. The molecule has 1 aliphatic heterocycles. The number of hydrogen-bond acceptors (Lipinski definition) is 3. The Balaban J connectivity index is 1.57. The van der Waals surface area contributed by atoms with Gasteiger partial charge >= 0.3 is 0 Å². The van der Waals surface area contributed by atoms with E-state index in [9.17, 15) is 0 Å². The van der Waals surface area contributed by atoms with Crippen LogP contribution in [0.5, 0.6) is 0 Å². The van der Waals surface area contributed by atoms with E-state index in [-0.39, 0.29) is 0 Å². The summed E-state index contributed by atoms with van der Waals surface area (Å²) in [4.78, 5) is 7.25. The lowest BCUT2D eigenvalue weighted by molar-refractivity contribution is -0.0212. The molecule has 1 aromatic carbocycles. The highest BCUT2D eigenvalue weighted by Crippen LogP contribution is 2.13. The standard InChI is InChI=1S/C21H32N4O/c1-3-22-21(24-20-9-4-5-10-20)23-14-18-7-6-8-19(13-18)16-25-11-12-26-17(2)15-25/h4-8,13,17,20H,3,9-12,14-16H2,1-2H3,(H2,22,23,24). The Labute approximate surface area is 157 Å². The van der Waals surface area contributed by atoms with Gasteiger partial charge in [0.25, 0.3) is 0 Å². The molecule has 26 heavy (non-hydrogen) atoms. The maximum absolute atomic E-state index is 5.63. The summed E-state index contributed by atoms with van der Waals surface area (Å²) in [6, 6.07) is 9.27. The molecule has 1 saturated heterocycles. The Morgan fingerprint density at radius 3 is 2.85 bits per heavy atom. The maximum atomic E-state index is 5.63. The van der Waals surface area contributed by atoms with Gasteiger partial charge in [-0.3, -0.25) is 4.90 Å². The third-order valence-electron chi connectivity index (χ3n) is 4.84. The number of nitrogens with one attached hydrogen (secondary N) is 2. The molecule has 1 unspecified atom stereocenters. The molecule has 2 N–H and O–H groups in total. The molecular weight excluding hydrogens is 324 g/mol. The first-order valence-electron chi connectivity index (χ1n) is 9.84. The van der Waals surface area contributed by atoms with E-state index in [1.807, 2.05) is 0 Å². The minimum absolute atomic E-state index is 0.329. The van der Waals surface area contributed by atoms with Crippen LogP contribution >= 0.6 is 0 Å². The second-order valence-electron chi connectivity index (χ2n) is 7.22. The van der Waals surface area contributed by atoms with E-state index in [1.165, 1.54) is 11.1 Å². The third-order valence-corrected chi connectivity index (χ3v) is 4.84. The number of aliphatic imine (C=N–C) groups is 1. The average molecular weight is 357 g/mol. The van der Waals surface area contributed by atoms with E-state index in [1.54, 1.807) is 0 Å². The maximum Gasteiger partial charge on any atom is 0.191 e. The molecule has 0 saturated carbocycles. The molecule has 0 amide bonds. The quantitative estimate of drug-likeness (QED) is 0.467. The van der Waals surface area contributed by atoms with Gasteiger partial charge in [0.2, 0.25) is 0 Å². The van der Waals surface area contributed by atoms with Crippen LogP contribution in [0.15, 0.2) is 41.4 Å². The zero-order valence-electron chi connectivity index (χ0n) is 16.1. The minimum Gasteiger partial charge on any atom is -0.376 e. The third kappa shape index (κ3) is 5.85. The Morgan fingerprint density at radius 2 is 2.08 bits per heavy atom. The predicted octanol–water partition coefficient (Wildman–Crippen LogP) is 2.68. The van der Waals surface area contributed by atoms with Crippen molar-refractivity contribution in [3.05, 3.63) is 47.5 Å². The van der Waals surface area contributed by atoms with Crippen LogP contribution in [0, 0.1) is 0 Å². The topological polar surface area (TPSA) is 48.9 Å². The number of hydrogen-bond donors (Lipinski definition) is 2. The van der Waals surface area contributed by atoms with Crippen molar-refractivity contribution in [2.24, 2.45) is 4.99 Å². The summed E-state index contributed by atoms with van der Waals surface area (Å²) in [6.45, 7) is 9.66. The van der Waals surface area contributed by atoms with Gasteiger partial charge in [-0.1, -0.05) is 36.4 Å². The molecular formula is C21H32N4O. The lowest BCUT2D eigenvalue weighted by Gasteiger charge is -2.31. The van der Waals surface area contributed by atoms with Crippen molar-refractivity contribution in [1.29, 1.82) is 0 Å². The van der Waals surface area contributed by atoms with Crippen molar-refractivity contribution < 1.29 is 4.74 Å². The van der Waals surface area contributed by atoms with E-state index in [2.05, 4.69) is 65.8 Å². The van der Waals surface area contributed by atoms with Crippen LogP contribution in [0.4, 0.5) is 0 Å². The molecule has 142 valence electrons. The monoisotopic (exact) mass is 356 g/mol. The van der Waals surface area contributed by atoms with Crippen molar-refractivity contribution in [2.45, 2.75) is 51.9 Å². The second-order valence-corrected chi connectivity index (χ2v) is 7.22. The molecule has 5 nitrogen and oxygen atoms in total. The molecule has 1 aliphatic carbocycles. The molecule has 3 rings (SSSR count). The first kappa shape index (κ1) is 18.9. The Hall–Kier alpha value is -1.85. The number of ether oxygens (including phenoxy) is 1. The van der Waals surface area contributed by atoms with Crippen molar-refractivity contribution in [3.63, 3.8) is 0 Å². The number of guanidine groups is 1. The SMILES string of the molecule is CCNC(=NCc1cccc(CN2CCOC(C)C2)c1)NC1CC=CC1. The normalized spacial score (nSPS) is 21.9. The fourth-order valence-corrected chi connectivity index (χ4v) is 3.54. The molecule has 1 aromatic rings. The fourth-order valence-electron chi connectivity index (χ4n) is 3.54. The summed E-state index contributed by atoms with van der Waals surface area (Å²) in [7, 11) is 0. The lowest BCUT2D eigenvalue weighted by Crippen LogP contribution is -2.42. The van der Waals surface area contributed by atoms with Gasteiger partial charge < -0.3 is 15.4 Å². The molecule has 0 spiro atoms. The highest BCUT2D eigenvalue weighted by Gasteiger charge is 2.16. The van der Waals surface area contributed by atoms with Gasteiger partial charge in [-0.05, 0) is 37.8 Å². The van der Waals surface area contributed by atoms with Crippen molar-refractivity contribution in [2.75, 3.05) is 26.2 Å². The number of rotatable bonds is 6. The van der Waals surface area contributed by atoms with E-state index in [4.69, 9.17) is 9.73 Å². The summed E-state index contributed by atoms with van der Waals surface area (Å²) in [5, 5.41) is 6.88. The predicted molar refractivity (Wildman–Crippen MR) is 107 cm³/mol. The van der Waals surface area contributed by atoms with Crippen LogP contribution in [-0.2, 0) is 17.8 Å². The molecule has 1 atom stereocenters. The number of benzene rings is 1. The summed E-state index contributed by atoms with van der Waals surface area (Å²) < 4.78 is 5.63. The van der Waals surface area contributed by atoms with Crippen LogP contribution in [0.2, 0.25) is 0 Å². The van der Waals surface area contributed by atoms with Crippen LogP contribution in [0.25, 0.3) is 0 Å². The zero-order valence-corrected chi connectivity index (χ0v) is 16.1. The van der Waals surface area contributed by atoms with Gasteiger partial charge in [-0.25, -0.2) is 4.99 Å². The van der Waals surface area contributed by atoms with Gasteiger partial charge in [0.15, 0.2) is 5.96 Å². The Bertz CT molecular complexity index is 620. The number of morpholine rings is 1. The van der Waals surface area contributed by atoms with Crippen molar-refractivity contribution >= 4 is 5.96 Å². The number of nitrogens with zero attached hydrogens (tertiary/aromatic N) is 2. The van der Waals surface area contributed by atoms with Crippen LogP contribution in [0.1, 0.15) is 37.8 Å². The van der Waals surface area contributed by atoms with Crippen LogP contribution in [0.3, 0.4) is 0 Å². The van der Waals surface area contributed by atoms with E-state index in [0.717, 1.165) is 51.6 Å². The molecule has 0 aromatic heterocycles. The van der Waals surface area contributed by atoms with Gasteiger partial charge in [0, 0.05) is 32.2 Å². The van der Waals surface area contributed by atoms with Gasteiger partial charge in [-0.15, -0.1) is 0 Å². The first-order valence-corrected chi connectivity index (χ1v) is 9.84. The highest BCUT2D eigenvalue weighted by atomic mass is 16.5. The van der Waals surface area contributed by atoms with Crippen molar-refractivity contribution in [1.82, 2.24) is 15.5 Å². The Kier molecular flexibility index (Phi) is 7.09. The molecule has 5 heteroatoms. The van der Waals surface area contributed by atoms with E-state index >= 15 is 0 Å². The summed E-state index contributed by atoms with van der Waals surface area (Å²) in [5.74, 6) is 0.911. The smallest absolute Gasteiger partial charge is 0.191 e. The van der Waals surface area contributed by atoms with Crippen molar-refractivity contribution in [3.8, 4) is 0 Å². The van der Waals surface area contributed by atoms with Gasteiger partial charge in [0.05, 0.1) is 19.3 Å². The summed E-state index contributed by atoms with van der Waals surface area (Å²) >= 11 is 0. The van der Waals surface area contributed by atoms with Crippen LogP contribution in [-0.4, -0.2) is 49.2 Å². The van der Waals surface area contributed by atoms with E-state index in [0.29, 0.717) is 18.7 Å². The fraction of sp³-hybridized carbons (Fsp3) is 0.571. The van der Waals surface area contributed by atoms with Crippen LogP contribution < -0.4 is 10.6 Å². The Morgan fingerprint density at radius 1 is 1.27 bits per heavy atom. The molecule has 1 heterocycles. The van der Waals surface area contributed by atoms with E-state index < -0.39 is 0 Å². The zero-order chi connectivity index (χ0) is 18.2. The lowest BCUT2D eigenvalue weighted by atomic mass is 10.1. The summed E-state index contributed by atoms with van der Waals surface area (Å²) in [6.07, 6.45) is 6.96. The summed E-state index contributed by atoms with van der Waals surface area (Å²) in [5.41, 5.74) is 2.61. The minimum atomic E-state index is 0.329. The molecule has 1 fully saturated rings. The van der Waals surface area contributed by atoms with Gasteiger partial charge in [-0.2, -0.15) is 0 Å². The largest absolute Gasteiger partial charge is 0.376 e. The molecule has 2 aliphatic rings. The highest BCUT2D eigenvalue weighted by molar-refractivity contribution is 5.80.